The Balaban J connectivity index is 1.90. The summed E-state index contributed by atoms with van der Waals surface area (Å²) in [7, 11) is -4.04. The molecule has 0 aliphatic heterocycles. The Morgan fingerprint density at radius 1 is 1.00 bits per heavy atom. The summed E-state index contributed by atoms with van der Waals surface area (Å²) < 4.78 is 41.5. The first-order valence-electron chi connectivity index (χ1n) is 8.62. The summed E-state index contributed by atoms with van der Waals surface area (Å²) in [4.78, 5) is 12.2. The van der Waals surface area contributed by atoms with E-state index < -0.39 is 21.7 Å². The van der Waals surface area contributed by atoms with E-state index in [9.17, 15) is 17.6 Å². The summed E-state index contributed by atoms with van der Waals surface area (Å²) in [5.41, 5.74) is 2.49. The molecule has 0 atom stereocenters. The molecule has 0 saturated carbocycles. The van der Waals surface area contributed by atoms with Crippen LogP contribution in [-0.2, 0) is 10.0 Å². The Hall–Kier alpha value is -2.90. The van der Waals surface area contributed by atoms with Crippen molar-refractivity contribution in [2.75, 3.05) is 10.0 Å². The lowest BCUT2D eigenvalue weighted by molar-refractivity contribution is 0.102. The molecule has 0 aliphatic rings. The van der Waals surface area contributed by atoms with Gasteiger partial charge in [-0.05, 0) is 61.9 Å². The van der Waals surface area contributed by atoms with E-state index in [1.54, 1.807) is 19.1 Å². The molecule has 1 amide bonds. The minimum Gasteiger partial charge on any atom is -0.322 e. The number of halogens is 2. The van der Waals surface area contributed by atoms with Crippen LogP contribution in [0.25, 0.3) is 0 Å². The van der Waals surface area contributed by atoms with Gasteiger partial charge < -0.3 is 5.32 Å². The standard InChI is InChI=1S/C21H18ClFN2O3S/c1-13-6-9-19(14(2)10-13)25-29(27,28)20-11-15(7-8-18(20)22)21(26)24-17-5-3-4-16(23)12-17/h3-12,25H,1-2H3,(H,24,26). The van der Waals surface area contributed by atoms with Crippen LogP contribution >= 0.6 is 11.6 Å². The number of aryl methyl sites for hydroxylation is 2. The largest absolute Gasteiger partial charge is 0.322 e. The van der Waals surface area contributed by atoms with Gasteiger partial charge in [-0.25, -0.2) is 12.8 Å². The normalized spacial score (nSPS) is 11.2. The van der Waals surface area contributed by atoms with Crippen molar-refractivity contribution in [2.45, 2.75) is 18.7 Å². The highest BCUT2D eigenvalue weighted by atomic mass is 35.5. The third-order valence-electron chi connectivity index (χ3n) is 4.19. The second-order valence-electron chi connectivity index (χ2n) is 6.53. The smallest absolute Gasteiger partial charge is 0.263 e. The van der Waals surface area contributed by atoms with Crippen LogP contribution in [-0.4, -0.2) is 14.3 Å². The van der Waals surface area contributed by atoms with Gasteiger partial charge in [-0.3, -0.25) is 9.52 Å². The minimum atomic E-state index is -4.04. The summed E-state index contributed by atoms with van der Waals surface area (Å²) in [5.74, 6) is -1.09. The fourth-order valence-corrected chi connectivity index (χ4v) is 4.41. The van der Waals surface area contributed by atoms with E-state index in [-0.39, 0.29) is 21.2 Å². The number of hydrogen-bond donors (Lipinski definition) is 2. The molecule has 0 unspecified atom stereocenters. The predicted octanol–water partition coefficient (Wildman–Crippen LogP) is 5.15. The van der Waals surface area contributed by atoms with Crippen LogP contribution in [0.2, 0.25) is 5.02 Å². The molecular formula is C21H18ClFN2O3S. The van der Waals surface area contributed by atoms with Gasteiger partial charge in [0.05, 0.1) is 10.7 Å². The van der Waals surface area contributed by atoms with Crippen LogP contribution in [0.5, 0.6) is 0 Å². The number of benzene rings is 3. The fraction of sp³-hybridized carbons (Fsp3) is 0.0952. The zero-order valence-electron chi connectivity index (χ0n) is 15.7. The summed E-state index contributed by atoms with van der Waals surface area (Å²) >= 11 is 6.10. The molecule has 0 aromatic heterocycles. The molecule has 0 radical (unpaired) electrons. The third-order valence-corrected chi connectivity index (χ3v) is 6.04. The van der Waals surface area contributed by atoms with Crippen molar-refractivity contribution in [3.05, 3.63) is 88.2 Å². The van der Waals surface area contributed by atoms with Crippen LogP contribution in [0.15, 0.2) is 65.6 Å². The van der Waals surface area contributed by atoms with E-state index in [1.165, 1.54) is 36.4 Å². The molecule has 8 heteroatoms. The van der Waals surface area contributed by atoms with Gasteiger partial charge in [0.1, 0.15) is 10.7 Å². The fourth-order valence-electron chi connectivity index (χ4n) is 2.75. The van der Waals surface area contributed by atoms with Gasteiger partial charge in [0.2, 0.25) is 0 Å². The first kappa shape index (κ1) is 20.8. The molecular weight excluding hydrogens is 415 g/mol. The van der Waals surface area contributed by atoms with Crippen LogP contribution in [0.1, 0.15) is 21.5 Å². The van der Waals surface area contributed by atoms with Crippen molar-refractivity contribution in [2.24, 2.45) is 0 Å². The lowest BCUT2D eigenvalue weighted by Gasteiger charge is -2.13. The van der Waals surface area contributed by atoms with E-state index in [1.807, 2.05) is 13.0 Å². The van der Waals surface area contributed by atoms with Gasteiger partial charge >= 0.3 is 0 Å². The zero-order valence-corrected chi connectivity index (χ0v) is 17.2. The molecule has 5 nitrogen and oxygen atoms in total. The molecule has 29 heavy (non-hydrogen) atoms. The van der Waals surface area contributed by atoms with E-state index in [0.29, 0.717) is 5.69 Å². The number of carbonyl (C=O) groups excluding carboxylic acids is 1. The highest BCUT2D eigenvalue weighted by Gasteiger charge is 2.21. The molecule has 0 saturated heterocycles. The molecule has 2 N–H and O–H groups in total. The molecule has 3 rings (SSSR count). The molecule has 0 aliphatic carbocycles. The van der Waals surface area contributed by atoms with E-state index in [2.05, 4.69) is 10.0 Å². The van der Waals surface area contributed by atoms with E-state index >= 15 is 0 Å². The van der Waals surface area contributed by atoms with Gasteiger partial charge in [0, 0.05) is 11.3 Å². The second-order valence-corrected chi connectivity index (χ2v) is 8.59. The van der Waals surface area contributed by atoms with Crippen molar-refractivity contribution < 1.29 is 17.6 Å². The molecule has 150 valence electrons. The second kappa shape index (κ2) is 8.23. The van der Waals surface area contributed by atoms with Gasteiger partial charge in [-0.15, -0.1) is 0 Å². The maximum Gasteiger partial charge on any atom is 0.263 e. The van der Waals surface area contributed by atoms with Crippen molar-refractivity contribution in [1.29, 1.82) is 0 Å². The first-order chi connectivity index (χ1) is 13.7. The van der Waals surface area contributed by atoms with E-state index in [0.717, 1.165) is 17.2 Å². The molecule has 3 aromatic carbocycles. The Morgan fingerprint density at radius 3 is 2.45 bits per heavy atom. The average Bonchev–Trinajstić information content (AvgIpc) is 2.64. The highest BCUT2D eigenvalue weighted by molar-refractivity contribution is 7.92. The lowest BCUT2D eigenvalue weighted by Crippen LogP contribution is -2.17. The SMILES string of the molecule is Cc1ccc(NS(=O)(=O)c2cc(C(=O)Nc3cccc(F)c3)ccc2Cl)c(C)c1. The lowest BCUT2D eigenvalue weighted by atomic mass is 10.1. The van der Waals surface area contributed by atoms with Gasteiger partial charge in [-0.1, -0.05) is 35.4 Å². The van der Waals surface area contributed by atoms with Gasteiger partial charge in [0.25, 0.3) is 15.9 Å². The number of rotatable bonds is 5. The van der Waals surface area contributed by atoms with Crippen molar-refractivity contribution in [3.63, 3.8) is 0 Å². The van der Waals surface area contributed by atoms with Crippen molar-refractivity contribution >= 4 is 38.9 Å². The van der Waals surface area contributed by atoms with Gasteiger partial charge in [0.15, 0.2) is 0 Å². The van der Waals surface area contributed by atoms with Gasteiger partial charge in [-0.2, -0.15) is 0 Å². The monoisotopic (exact) mass is 432 g/mol. The van der Waals surface area contributed by atoms with Crippen molar-refractivity contribution in [3.8, 4) is 0 Å². The number of hydrogen-bond acceptors (Lipinski definition) is 3. The Morgan fingerprint density at radius 2 is 1.76 bits per heavy atom. The third kappa shape index (κ3) is 4.93. The topological polar surface area (TPSA) is 75.3 Å². The number of sulfonamides is 1. The number of amides is 1. The maximum absolute atomic E-state index is 13.3. The summed E-state index contributed by atoms with van der Waals surface area (Å²) in [6.45, 7) is 3.69. The quantitative estimate of drug-likeness (QED) is 0.585. The summed E-state index contributed by atoms with van der Waals surface area (Å²) in [6, 6.07) is 14.6. The molecule has 0 spiro atoms. The predicted molar refractivity (Wildman–Crippen MR) is 113 cm³/mol. The average molecular weight is 433 g/mol. The molecule has 0 heterocycles. The highest BCUT2D eigenvalue weighted by Crippen LogP contribution is 2.27. The molecule has 0 fully saturated rings. The molecule has 0 bridgehead atoms. The zero-order chi connectivity index (χ0) is 21.2. The van der Waals surface area contributed by atoms with Crippen LogP contribution in [0.4, 0.5) is 15.8 Å². The van der Waals surface area contributed by atoms with Crippen LogP contribution < -0.4 is 10.0 Å². The minimum absolute atomic E-state index is 0.0235. The summed E-state index contributed by atoms with van der Waals surface area (Å²) in [6.07, 6.45) is 0. The Bertz CT molecular complexity index is 1200. The number of nitrogens with one attached hydrogen (secondary N) is 2. The Kier molecular flexibility index (Phi) is 5.91. The molecule has 3 aromatic rings. The number of anilines is 2. The van der Waals surface area contributed by atoms with Crippen LogP contribution in [0.3, 0.4) is 0 Å². The maximum atomic E-state index is 13.3. The van der Waals surface area contributed by atoms with E-state index in [4.69, 9.17) is 11.6 Å². The van der Waals surface area contributed by atoms with Crippen molar-refractivity contribution in [1.82, 2.24) is 0 Å². The number of carbonyl (C=O) groups is 1. The first-order valence-corrected chi connectivity index (χ1v) is 10.5. The Labute approximate surface area is 173 Å². The summed E-state index contributed by atoms with van der Waals surface area (Å²) in [5, 5.41) is 2.50. The van der Waals surface area contributed by atoms with Crippen LogP contribution in [0, 0.1) is 19.7 Å².